The van der Waals surface area contributed by atoms with Gasteiger partial charge < -0.3 is 10.1 Å². The summed E-state index contributed by atoms with van der Waals surface area (Å²) in [5, 5.41) is 15.5. The number of carbonyl (C=O) groups excluding carboxylic acids is 1. The molecule has 0 atom stereocenters. The van der Waals surface area contributed by atoms with Gasteiger partial charge in [-0.05, 0) is 13.0 Å². The highest BCUT2D eigenvalue weighted by Gasteiger charge is 2.14. The van der Waals surface area contributed by atoms with E-state index in [0.29, 0.717) is 5.75 Å². The molecule has 144 valence electrons. The van der Waals surface area contributed by atoms with E-state index in [1.807, 2.05) is 36.6 Å². The topological polar surface area (TPSA) is 94.4 Å². The summed E-state index contributed by atoms with van der Waals surface area (Å²) in [6.07, 6.45) is 0. The first-order valence-corrected chi connectivity index (χ1v) is 10.1. The molecule has 0 saturated carbocycles. The third kappa shape index (κ3) is 4.87. The molecule has 1 amide bonds. The molecular weight excluding hydrogens is 398 g/mol. The van der Waals surface area contributed by atoms with Gasteiger partial charge in [0.25, 0.3) is 5.69 Å². The molecule has 0 saturated heterocycles. The van der Waals surface area contributed by atoms with E-state index in [2.05, 4.69) is 10.3 Å². The molecule has 0 aliphatic heterocycles. The number of thiazole rings is 1. The summed E-state index contributed by atoms with van der Waals surface area (Å²) < 4.78 is 5.92. The molecule has 1 N–H and O–H groups in total. The molecule has 0 aliphatic carbocycles. The number of aryl methyl sites for hydroxylation is 1. The monoisotopic (exact) mass is 415 g/mol. The Labute approximate surface area is 169 Å². The van der Waals surface area contributed by atoms with Crippen molar-refractivity contribution in [2.45, 2.75) is 11.3 Å². The zero-order valence-electron chi connectivity index (χ0n) is 15.2. The average molecular weight is 415 g/mol. The standard InChI is InChI=1S/C19H17N3O4S2/c1-12-3-5-13(6-4-12)16-10-27-19(21-16)28-11-18(23)20-15-9-14(22(24)25)7-8-17(15)26-2/h3-10H,11H2,1-2H3,(H,20,23). The second kappa shape index (κ2) is 8.85. The summed E-state index contributed by atoms with van der Waals surface area (Å²) in [5.41, 5.74) is 3.22. The molecule has 0 fully saturated rings. The van der Waals surface area contributed by atoms with E-state index >= 15 is 0 Å². The average Bonchev–Trinajstić information content (AvgIpc) is 3.16. The molecule has 7 nitrogen and oxygen atoms in total. The highest BCUT2D eigenvalue weighted by molar-refractivity contribution is 8.01. The minimum atomic E-state index is -0.522. The molecule has 1 heterocycles. The van der Waals surface area contributed by atoms with Crippen LogP contribution in [0.1, 0.15) is 5.56 Å². The maximum atomic E-state index is 12.3. The van der Waals surface area contributed by atoms with Gasteiger partial charge in [0, 0.05) is 23.1 Å². The van der Waals surface area contributed by atoms with Gasteiger partial charge >= 0.3 is 0 Å². The highest BCUT2D eigenvalue weighted by Crippen LogP contribution is 2.31. The van der Waals surface area contributed by atoms with Crippen molar-refractivity contribution in [3.63, 3.8) is 0 Å². The number of anilines is 1. The van der Waals surface area contributed by atoms with Gasteiger partial charge in [-0.15, -0.1) is 11.3 Å². The Morgan fingerprint density at radius 1 is 1.29 bits per heavy atom. The number of thioether (sulfide) groups is 1. The van der Waals surface area contributed by atoms with Crippen LogP contribution in [0, 0.1) is 17.0 Å². The molecule has 1 aromatic heterocycles. The molecule has 3 aromatic rings. The van der Waals surface area contributed by atoms with E-state index in [1.54, 1.807) is 0 Å². The lowest BCUT2D eigenvalue weighted by Crippen LogP contribution is -2.14. The molecule has 0 radical (unpaired) electrons. The summed E-state index contributed by atoms with van der Waals surface area (Å²) in [6.45, 7) is 2.03. The fourth-order valence-corrected chi connectivity index (χ4v) is 4.04. The van der Waals surface area contributed by atoms with Crippen LogP contribution in [0.5, 0.6) is 5.75 Å². The number of nitrogens with one attached hydrogen (secondary N) is 1. The SMILES string of the molecule is COc1ccc([N+](=O)[O-])cc1NC(=O)CSc1nc(-c2ccc(C)cc2)cs1. The van der Waals surface area contributed by atoms with Gasteiger partial charge in [-0.25, -0.2) is 4.98 Å². The maximum Gasteiger partial charge on any atom is 0.271 e. The first-order valence-electron chi connectivity index (χ1n) is 8.24. The second-order valence-corrected chi connectivity index (χ2v) is 7.92. The first kappa shape index (κ1) is 19.8. The van der Waals surface area contributed by atoms with Gasteiger partial charge in [-0.3, -0.25) is 14.9 Å². The third-order valence-corrected chi connectivity index (χ3v) is 5.85. The molecule has 0 unspecified atom stereocenters. The summed E-state index contributed by atoms with van der Waals surface area (Å²) in [6, 6.07) is 12.1. The minimum Gasteiger partial charge on any atom is -0.495 e. The zero-order valence-corrected chi connectivity index (χ0v) is 16.8. The number of rotatable bonds is 7. The van der Waals surface area contributed by atoms with Crippen LogP contribution in [0.4, 0.5) is 11.4 Å². The lowest BCUT2D eigenvalue weighted by atomic mass is 10.1. The fourth-order valence-electron chi connectivity index (χ4n) is 2.40. The van der Waals surface area contributed by atoms with Gasteiger partial charge in [0.15, 0.2) is 4.34 Å². The third-order valence-electron chi connectivity index (χ3n) is 3.83. The molecule has 3 rings (SSSR count). The number of carbonyl (C=O) groups is 1. The molecule has 0 aliphatic rings. The molecule has 0 spiro atoms. The number of non-ortho nitro benzene ring substituents is 1. The summed E-state index contributed by atoms with van der Waals surface area (Å²) >= 11 is 2.78. The number of benzene rings is 2. The zero-order chi connectivity index (χ0) is 20.1. The van der Waals surface area contributed by atoms with Gasteiger partial charge in [0.1, 0.15) is 5.75 Å². The molecule has 28 heavy (non-hydrogen) atoms. The predicted molar refractivity (Wildman–Crippen MR) is 111 cm³/mol. The number of ether oxygens (including phenoxy) is 1. The van der Waals surface area contributed by atoms with Crippen LogP contribution in [-0.4, -0.2) is 28.7 Å². The summed E-state index contributed by atoms with van der Waals surface area (Å²) in [4.78, 5) is 27.2. The van der Waals surface area contributed by atoms with Crippen molar-refractivity contribution in [1.82, 2.24) is 4.98 Å². The van der Waals surface area contributed by atoms with Crippen molar-refractivity contribution < 1.29 is 14.5 Å². The quantitative estimate of drug-likeness (QED) is 0.339. The van der Waals surface area contributed by atoms with Crippen molar-refractivity contribution in [2.24, 2.45) is 0 Å². The van der Waals surface area contributed by atoms with E-state index in [-0.39, 0.29) is 23.0 Å². The number of nitro benzene ring substituents is 1. The second-order valence-electron chi connectivity index (χ2n) is 5.84. The van der Waals surface area contributed by atoms with E-state index in [1.165, 1.54) is 54.0 Å². The van der Waals surface area contributed by atoms with Crippen LogP contribution in [0.2, 0.25) is 0 Å². The van der Waals surface area contributed by atoms with E-state index in [0.717, 1.165) is 15.6 Å². The van der Waals surface area contributed by atoms with Crippen LogP contribution in [0.3, 0.4) is 0 Å². The highest BCUT2D eigenvalue weighted by atomic mass is 32.2. The number of nitrogens with zero attached hydrogens (tertiary/aromatic N) is 2. The Morgan fingerprint density at radius 2 is 2.04 bits per heavy atom. The number of hydrogen-bond acceptors (Lipinski definition) is 7. The maximum absolute atomic E-state index is 12.3. The number of amides is 1. The van der Waals surface area contributed by atoms with Crippen LogP contribution in [-0.2, 0) is 4.79 Å². The van der Waals surface area contributed by atoms with Gasteiger partial charge in [-0.2, -0.15) is 0 Å². The Morgan fingerprint density at radius 3 is 2.71 bits per heavy atom. The van der Waals surface area contributed by atoms with Gasteiger partial charge in [0.2, 0.25) is 5.91 Å². The Balaban J connectivity index is 1.63. The fraction of sp³-hybridized carbons (Fsp3) is 0.158. The number of hydrogen-bond donors (Lipinski definition) is 1. The number of nitro groups is 1. The molecule has 2 aromatic carbocycles. The summed E-state index contributed by atoms with van der Waals surface area (Å²) in [7, 11) is 1.44. The lowest BCUT2D eigenvalue weighted by molar-refractivity contribution is -0.384. The van der Waals surface area contributed by atoms with Crippen LogP contribution >= 0.6 is 23.1 Å². The smallest absolute Gasteiger partial charge is 0.271 e. The number of aromatic nitrogens is 1. The van der Waals surface area contributed by atoms with Crippen molar-refractivity contribution in [3.05, 3.63) is 63.5 Å². The van der Waals surface area contributed by atoms with Crippen LogP contribution in [0.25, 0.3) is 11.3 Å². The van der Waals surface area contributed by atoms with Crippen molar-refractivity contribution in [3.8, 4) is 17.0 Å². The first-order chi connectivity index (χ1) is 13.5. The number of methoxy groups -OCH3 is 1. The van der Waals surface area contributed by atoms with E-state index in [9.17, 15) is 14.9 Å². The summed E-state index contributed by atoms with van der Waals surface area (Å²) in [5.74, 6) is 0.197. The van der Waals surface area contributed by atoms with Crippen molar-refractivity contribution in [2.75, 3.05) is 18.2 Å². The minimum absolute atomic E-state index is 0.119. The van der Waals surface area contributed by atoms with E-state index < -0.39 is 4.92 Å². The van der Waals surface area contributed by atoms with Crippen LogP contribution < -0.4 is 10.1 Å². The molecule has 0 bridgehead atoms. The Hall–Kier alpha value is -2.91. The largest absolute Gasteiger partial charge is 0.495 e. The van der Waals surface area contributed by atoms with Crippen molar-refractivity contribution >= 4 is 40.4 Å². The molecular formula is C19H17N3O4S2. The lowest BCUT2D eigenvalue weighted by Gasteiger charge is -2.09. The van der Waals surface area contributed by atoms with Gasteiger partial charge in [-0.1, -0.05) is 41.6 Å². The Kier molecular flexibility index (Phi) is 6.27. The normalized spacial score (nSPS) is 10.5. The van der Waals surface area contributed by atoms with Crippen molar-refractivity contribution in [1.29, 1.82) is 0 Å². The van der Waals surface area contributed by atoms with Crippen LogP contribution in [0.15, 0.2) is 52.2 Å². The van der Waals surface area contributed by atoms with Gasteiger partial charge in [0.05, 0.1) is 29.2 Å². The predicted octanol–water partition coefficient (Wildman–Crippen LogP) is 4.77. The Bertz CT molecular complexity index is 1000. The van der Waals surface area contributed by atoms with E-state index in [4.69, 9.17) is 4.74 Å². The molecule has 9 heteroatoms.